The summed E-state index contributed by atoms with van der Waals surface area (Å²) >= 11 is 1.43. The Bertz CT molecular complexity index is 1170. The van der Waals surface area contributed by atoms with E-state index in [0.29, 0.717) is 48.1 Å². The molecule has 1 aliphatic rings. The van der Waals surface area contributed by atoms with Crippen LogP contribution >= 0.6 is 11.3 Å². The summed E-state index contributed by atoms with van der Waals surface area (Å²) in [5, 5.41) is 3.58. The van der Waals surface area contributed by atoms with Gasteiger partial charge in [0.15, 0.2) is 0 Å². The molecule has 1 aromatic heterocycles. The predicted octanol–water partition coefficient (Wildman–Crippen LogP) is 5.27. The number of nitrogens with one attached hydrogen (secondary N) is 1. The van der Waals surface area contributed by atoms with Crippen molar-refractivity contribution < 1.29 is 19.1 Å². The number of para-hydroxylation sites is 2. The molecule has 8 heteroatoms. The molecule has 0 radical (unpaired) electrons. The van der Waals surface area contributed by atoms with Crippen LogP contribution in [0.3, 0.4) is 0 Å². The minimum atomic E-state index is -0.342. The first-order chi connectivity index (χ1) is 16.1. The molecule has 1 N–H and O–H groups in total. The Balaban J connectivity index is 1.69. The Hall–Kier alpha value is -3.65. The average molecular weight is 464 g/mol. The lowest BCUT2D eigenvalue weighted by Gasteiger charge is -2.26. The van der Waals surface area contributed by atoms with Crippen LogP contribution in [0, 0.1) is 0 Å². The zero-order chi connectivity index (χ0) is 23.2. The van der Waals surface area contributed by atoms with Crippen molar-refractivity contribution >= 4 is 40.2 Å². The Labute approximate surface area is 196 Å². The van der Waals surface area contributed by atoms with Gasteiger partial charge in [0.25, 0.3) is 5.91 Å². The number of hydrogen-bond acceptors (Lipinski definition) is 6. The van der Waals surface area contributed by atoms with Crippen LogP contribution in [0.4, 0.5) is 15.5 Å². The van der Waals surface area contributed by atoms with Crippen molar-refractivity contribution in [1.29, 1.82) is 0 Å². The van der Waals surface area contributed by atoms with E-state index in [9.17, 15) is 9.59 Å². The molecule has 33 heavy (non-hydrogen) atoms. The van der Waals surface area contributed by atoms with Gasteiger partial charge in [0.05, 0.1) is 31.5 Å². The summed E-state index contributed by atoms with van der Waals surface area (Å²) in [6, 6.07) is 17.0. The molecule has 0 aliphatic carbocycles. The standard InChI is InChI=1S/C25H25N3O4S/c1-3-32-25(30)28-14-13-18-21(16-28)33-24(26-15-17-9-5-4-6-10-17)22(18)23(29)27-19-11-7-8-12-20(19)31-2/h4-12,15H,3,13-14,16H2,1-2H3,(H,27,29). The Morgan fingerprint density at radius 2 is 1.91 bits per heavy atom. The van der Waals surface area contributed by atoms with Crippen molar-refractivity contribution in [3.8, 4) is 5.75 Å². The van der Waals surface area contributed by atoms with Crippen LogP contribution in [0.2, 0.25) is 0 Å². The van der Waals surface area contributed by atoms with Crippen molar-refractivity contribution in [1.82, 2.24) is 4.90 Å². The summed E-state index contributed by atoms with van der Waals surface area (Å²) in [5.41, 5.74) is 2.99. The normalized spacial score (nSPS) is 13.0. The molecule has 0 saturated carbocycles. The average Bonchev–Trinajstić information content (AvgIpc) is 3.21. The first kappa shape index (κ1) is 22.5. The number of amides is 2. The second-order valence-corrected chi connectivity index (χ2v) is 8.46. The van der Waals surface area contributed by atoms with E-state index in [1.807, 2.05) is 42.5 Å². The van der Waals surface area contributed by atoms with Crippen LogP contribution < -0.4 is 10.1 Å². The zero-order valence-corrected chi connectivity index (χ0v) is 19.4. The number of anilines is 1. The Morgan fingerprint density at radius 1 is 1.15 bits per heavy atom. The van der Waals surface area contributed by atoms with E-state index in [0.717, 1.165) is 16.0 Å². The first-order valence-electron chi connectivity index (χ1n) is 10.7. The highest BCUT2D eigenvalue weighted by Gasteiger charge is 2.30. The largest absolute Gasteiger partial charge is 0.495 e. The minimum absolute atomic E-state index is 0.248. The van der Waals surface area contributed by atoms with Crippen molar-refractivity contribution in [2.45, 2.75) is 19.9 Å². The third kappa shape index (κ3) is 5.06. The monoisotopic (exact) mass is 463 g/mol. The SMILES string of the molecule is CCOC(=O)N1CCc2c(sc(N=Cc3ccccc3)c2C(=O)Nc2ccccc2OC)C1. The quantitative estimate of drug-likeness (QED) is 0.505. The lowest BCUT2D eigenvalue weighted by Crippen LogP contribution is -2.36. The molecule has 0 saturated heterocycles. The van der Waals surface area contributed by atoms with Gasteiger partial charge in [-0.05, 0) is 36.6 Å². The van der Waals surface area contributed by atoms with Gasteiger partial charge in [-0.3, -0.25) is 4.79 Å². The van der Waals surface area contributed by atoms with Gasteiger partial charge in [0.2, 0.25) is 0 Å². The van der Waals surface area contributed by atoms with Gasteiger partial charge in [-0.2, -0.15) is 0 Å². The molecule has 4 rings (SSSR count). The van der Waals surface area contributed by atoms with E-state index in [-0.39, 0.29) is 12.0 Å². The number of rotatable bonds is 6. The van der Waals surface area contributed by atoms with Gasteiger partial charge < -0.3 is 19.7 Å². The molecule has 2 amide bonds. The van der Waals surface area contributed by atoms with Gasteiger partial charge in [-0.25, -0.2) is 9.79 Å². The minimum Gasteiger partial charge on any atom is -0.495 e. The zero-order valence-electron chi connectivity index (χ0n) is 18.5. The maximum absolute atomic E-state index is 13.4. The predicted molar refractivity (Wildman–Crippen MR) is 130 cm³/mol. The fourth-order valence-electron chi connectivity index (χ4n) is 3.69. The van der Waals surface area contributed by atoms with Gasteiger partial charge >= 0.3 is 6.09 Å². The smallest absolute Gasteiger partial charge is 0.410 e. The van der Waals surface area contributed by atoms with Crippen molar-refractivity contribution in [2.75, 3.05) is 25.6 Å². The highest BCUT2D eigenvalue weighted by atomic mass is 32.1. The fourth-order valence-corrected chi connectivity index (χ4v) is 4.89. The highest BCUT2D eigenvalue weighted by molar-refractivity contribution is 7.16. The van der Waals surface area contributed by atoms with Crippen molar-refractivity contribution in [2.24, 2.45) is 4.99 Å². The molecule has 0 unspecified atom stereocenters. The summed E-state index contributed by atoms with van der Waals surface area (Å²) < 4.78 is 10.5. The van der Waals surface area contributed by atoms with E-state index >= 15 is 0 Å². The topological polar surface area (TPSA) is 80.2 Å². The summed E-state index contributed by atoms with van der Waals surface area (Å²) in [7, 11) is 1.57. The highest BCUT2D eigenvalue weighted by Crippen LogP contribution is 2.40. The number of carbonyl (C=O) groups is 2. The maximum Gasteiger partial charge on any atom is 0.410 e. The van der Waals surface area contributed by atoms with E-state index < -0.39 is 0 Å². The Kier molecular flexibility index (Phi) is 7.04. The van der Waals surface area contributed by atoms with Crippen LogP contribution in [0.15, 0.2) is 59.6 Å². The summed E-state index contributed by atoms with van der Waals surface area (Å²) in [4.78, 5) is 32.9. The first-order valence-corrected chi connectivity index (χ1v) is 11.5. The molecule has 2 heterocycles. The third-order valence-corrected chi connectivity index (χ3v) is 6.40. The maximum atomic E-state index is 13.4. The molecule has 0 bridgehead atoms. The molecule has 3 aromatic rings. The summed E-state index contributed by atoms with van der Waals surface area (Å²) in [6.45, 7) is 2.99. The number of fused-ring (bicyclic) bond motifs is 1. The number of aliphatic imine (C=N–C) groups is 1. The summed E-state index contributed by atoms with van der Waals surface area (Å²) in [5.74, 6) is 0.333. The number of methoxy groups -OCH3 is 1. The van der Waals surface area contributed by atoms with Gasteiger partial charge in [0.1, 0.15) is 10.8 Å². The molecule has 0 fully saturated rings. The number of benzene rings is 2. The number of ether oxygens (including phenoxy) is 2. The molecule has 2 aromatic carbocycles. The van der Waals surface area contributed by atoms with Crippen LogP contribution in [-0.2, 0) is 17.7 Å². The van der Waals surface area contributed by atoms with Crippen LogP contribution in [0.1, 0.15) is 33.3 Å². The second-order valence-electron chi connectivity index (χ2n) is 7.38. The van der Waals surface area contributed by atoms with E-state index in [1.165, 1.54) is 11.3 Å². The van der Waals surface area contributed by atoms with E-state index in [1.54, 1.807) is 37.3 Å². The lowest BCUT2D eigenvalue weighted by atomic mass is 10.0. The molecule has 170 valence electrons. The van der Waals surface area contributed by atoms with Crippen molar-refractivity contribution in [3.63, 3.8) is 0 Å². The molecular formula is C25H25N3O4S. The number of hydrogen-bond donors (Lipinski definition) is 1. The molecule has 1 aliphatic heterocycles. The Morgan fingerprint density at radius 3 is 2.67 bits per heavy atom. The van der Waals surface area contributed by atoms with Gasteiger partial charge in [-0.1, -0.05) is 42.5 Å². The lowest BCUT2D eigenvalue weighted by molar-refractivity contribution is 0.102. The molecule has 7 nitrogen and oxygen atoms in total. The second kappa shape index (κ2) is 10.3. The summed E-state index contributed by atoms with van der Waals surface area (Å²) in [6.07, 6.45) is 1.96. The molecule has 0 atom stereocenters. The molecular weight excluding hydrogens is 438 g/mol. The van der Waals surface area contributed by atoms with Crippen LogP contribution in [-0.4, -0.2) is 43.4 Å². The number of carbonyl (C=O) groups excluding carboxylic acids is 2. The number of nitrogens with zero attached hydrogens (tertiary/aromatic N) is 2. The number of thiophene rings is 1. The van der Waals surface area contributed by atoms with Crippen LogP contribution in [0.5, 0.6) is 5.75 Å². The van der Waals surface area contributed by atoms with Gasteiger partial charge in [0, 0.05) is 17.6 Å². The van der Waals surface area contributed by atoms with Crippen LogP contribution in [0.25, 0.3) is 0 Å². The van der Waals surface area contributed by atoms with Crippen molar-refractivity contribution in [3.05, 3.63) is 76.2 Å². The molecule has 0 spiro atoms. The third-order valence-electron chi connectivity index (χ3n) is 5.28. The van der Waals surface area contributed by atoms with Gasteiger partial charge in [-0.15, -0.1) is 11.3 Å². The fraction of sp³-hybridized carbons (Fsp3) is 0.240. The van der Waals surface area contributed by atoms with E-state index in [2.05, 4.69) is 10.3 Å². The van der Waals surface area contributed by atoms with E-state index in [4.69, 9.17) is 9.47 Å².